The smallest absolute Gasteiger partial charge is 0.312 e. The summed E-state index contributed by atoms with van der Waals surface area (Å²) in [5.41, 5.74) is 0.854. The molecule has 27 heavy (non-hydrogen) atoms. The monoisotopic (exact) mass is 468 g/mol. The van der Waals surface area contributed by atoms with Gasteiger partial charge in [-0.05, 0) is 58.9 Å². The molecular weight excluding hydrogens is 451 g/mol. The summed E-state index contributed by atoms with van der Waals surface area (Å²) in [6, 6.07) is 14.1. The van der Waals surface area contributed by atoms with Gasteiger partial charge in [-0.1, -0.05) is 24.3 Å². The van der Waals surface area contributed by atoms with Gasteiger partial charge in [-0.25, -0.2) is 5.09 Å². The molecule has 1 aliphatic heterocycles. The van der Waals surface area contributed by atoms with Crippen LogP contribution in [0.5, 0.6) is 5.75 Å². The molecule has 2 aromatic rings. The number of hydrogen-bond donors (Lipinski definition) is 1. The number of nitrogens with zero attached hydrogens (tertiary/aromatic N) is 1. The van der Waals surface area contributed by atoms with E-state index in [1.807, 2.05) is 25.1 Å². The minimum atomic E-state index is -2.83. The highest BCUT2D eigenvalue weighted by atomic mass is 79.9. The van der Waals surface area contributed by atoms with Crippen LogP contribution in [0.4, 0.5) is 0 Å². The van der Waals surface area contributed by atoms with Gasteiger partial charge in [-0.3, -0.25) is 14.5 Å². The molecule has 3 rings (SSSR count). The van der Waals surface area contributed by atoms with E-state index in [0.29, 0.717) is 23.5 Å². The van der Waals surface area contributed by atoms with Crippen molar-refractivity contribution in [1.29, 1.82) is 0 Å². The Morgan fingerprint density at radius 2 is 1.67 bits per heavy atom. The van der Waals surface area contributed by atoms with E-state index in [-0.39, 0.29) is 24.9 Å². The van der Waals surface area contributed by atoms with Crippen molar-refractivity contribution in [3.8, 4) is 5.75 Å². The van der Waals surface area contributed by atoms with Crippen LogP contribution in [0.1, 0.15) is 27.6 Å². The molecule has 1 aliphatic rings. The molecule has 1 heterocycles. The second-order valence-electron chi connectivity index (χ2n) is 5.65. The summed E-state index contributed by atoms with van der Waals surface area (Å²) >= 11 is 8.98. The number of fused-ring (bicyclic) bond motifs is 1. The number of amides is 2. The Labute approximate surface area is 171 Å². The summed E-state index contributed by atoms with van der Waals surface area (Å²) in [6.45, 7) is -0.179. The summed E-state index contributed by atoms with van der Waals surface area (Å²) < 4.78 is 12.3. The topological polar surface area (TPSA) is 67.9 Å². The van der Waals surface area contributed by atoms with Gasteiger partial charge in [-0.15, -0.1) is 0 Å². The molecule has 0 bridgehead atoms. The number of carbonyl (C=O) groups excluding carboxylic acids is 2. The lowest BCUT2D eigenvalue weighted by Crippen LogP contribution is -2.36. The van der Waals surface area contributed by atoms with E-state index in [1.165, 1.54) is 4.90 Å². The Hall–Kier alpha value is -1.57. The van der Waals surface area contributed by atoms with E-state index < -0.39 is 6.64 Å². The quantitative estimate of drug-likeness (QED) is 0.466. The van der Waals surface area contributed by atoms with Crippen LogP contribution >= 0.6 is 22.6 Å². The molecule has 0 aromatic heterocycles. The molecule has 0 fully saturated rings. The zero-order valence-corrected chi connectivity index (χ0v) is 17.9. The number of imide groups is 1. The zero-order valence-electron chi connectivity index (χ0n) is 14.6. The maximum Gasteiger partial charge on any atom is 0.312 e. The van der Waals surface area contributed by atoms with Crippen molar-refractivity contribution in [3.63, 3.8) is 0 Å². The van der Waals surface area contributed by atoms with Crippen molar-refractivity contribution < 1.29 is 18.6 Å². The predicted molar refractivity (Wildman–Crippen MR) is 110 cm³/mol. The van der Waals surface area contributed by atoms with Crippen LogP contribution < -0.4 is 9.61 Å². The first-order chi connectivity index (χ1) is 12.9. The van der Waals surface area contributed by atoms with Gasteiger partial charge in [0.25, 0.3) is 11.8 Å². The largest absolute Gasteiger partial charge is 0.432 e. The highest BCUT2D eigenvalue weighted by Crippen LogP contribution is 2.46. The van der Waals surface area contributed by atoms with Gasteiger partial charge < -0.3 is 9.05 Å². The van der Waals surface area contributed by atoms with E-state index in [1.54, 1.807) is 30.3 Å². The number of para-hydroxylation sites is 1. The highest BCUT2D eigenvalue weighted by Gasteiger charge is 2.35. The van der Waals surface area contributed by atoms with Gasteiger partial charge in [0.2, 0.25) is 0 Å². The lowest BCUT2D eigenvalue weighted by atomic mass is 10.1. The molecule has 1 atom stereocenters. The first-order valence-electron chi connectivity index (χ1n) is 8.34. The minimum Gasteiger partial charge on any atom is -0.432 e. The number of rotatable bonds is 8. The normalized spacial score (nSPS) is 15.6. The van der Waals surface area contributed by atoms with Crippen molar-refractivity contribution in [2.45, 2.75) is 6.92 Å². The molecule has 0 aliphatic carbocycles. The summed E-state index contributed by atoms with van der Waals surface area (Å²) in [5, 5.41) is 3.08. The van der Waals surface area contributed by atoms with Crippen LogP contribution in [0, 0.1) is 0 Å². The Balaban J connectivity index is 1.65. The van der Waals surface area contributed by atoms with E-state index in [4.69, 9.17) is 20.9 Å². The summed E-state index contributed by atoms with van der Waals surface area (Å²) in [4.78, 5) is 26.0. The summed E-state index contributed by atoms with van der Waals surface area (Å²) in [7, 11) is 0. The Bertz CT molecular complexity index is 889. The van der Waals surface area contributed by atoms with Crippen LogP contribution in [-0.4, -0.2) is 36.4 Å². The molecule has 1 N–H and O–H groups in total. The number of hydrogen-bond acceptors (Lipinski definition) is 5. The van der Waals surface area contributed by atoms with Gasteiger partial charge >= 0.3 is 6.64 Å². The summed E-state index contributed by atoms with van der Waals surface area (Å²) in [6.07, 6.45) is 0. The van der Waals surface area contributed by atoms with Gasteiger partial charge in [0.05, 0.1) is 22.2 Å². The lowest BCUT2D eigenvalue weighted by molar-refractivity contribution is 0.0656. The molecule has 1 unspecified atom stereocenters. The summed E-state index contributed by atoms with van der Waals surface area (Å²) in [5.74, 6) is -0.0230. The fraction of sp³-hybridized carbons (Fsp3) is 0.222. The number of halogens is 1. The van der Waals surface area contributed by atoms with Gasteiger partial charge in [-0.2, -0.15) is 0 Å². The van der Waals surface area contributed by atoms with Crippen molar-refractivity contribution in [1.82, 2.24) is 9.99 Å². The maximum absolute atomic E-state index is 12.4. The molecule has 0 spiro atoms. The first kappa shape index (κ1) is 20.2. The molecule has 0 saturated heterocycles. The molecule has 9 heteroatoms. The molecule has 6 nitrogen and oxygen atoms in total. The van der Waals surface area contributed by atoms with E-state index in [2.05, 4.69) is 21.0 Å². The number of carbonyl (C=O) groups is 2. The molecule has 2 amide bonds. The van der Waals surface area contributed by atoms with Gasteiger partial charge in [0, 0.05) is 13.1 Å². The Morgan fingerprint density at radius 1 is 1.07 bits per heavy atom. The second kappa shape index (κ2) is 8.63. The highest BCUT2D eigenvalue weighted by molar-refractivity contribution is 9.10. The van der Waals surface area contributed by atoms with Crippen LogP contribution in [0.25, 0.3) is 0 Å². The fourth-order valence-electron chi connectivity index (χ4n) is 2.66. The Morgan fingerprint density at radius 3 is 2.26 bits per heavy atom. The SMILES string of the molecule is CCOP(=S)(NCCN1C(=O)c2ccccc2C1=O)Oc1ccccc1Br. The zero-order chi connectivity index (χ0) is 19.4. The molecule has 2 aromatic carbocycles. The second-order valence-corrected chi connectivity index (χ2v) is 9.70. The van der Waals surface area contributed by atoms with Crippen LogP contribution in [0.15, 0.2) is 53.0 Å². The number of benzene rings is 2. The van der Waals surface area contributed by atoms with Crippen molar-refractivity contribution in [2.24, 2.45) is 0 Å². The van der Waals surface area contributed by atoms with Crippen LogP contribution in [-0.2, 0) is 16.3 Å². The minimum absolute atomic E-state index is 0.178. The molecule has 142 valence electrons. The predicted octanol–water partition coefficient (Wildman–Crippen LogP) is 3.97. The molecule has 0 radical (unpaired) electrons. The Kier molecular flexibility index (Phi) is 6.44. The average Bonchev–Trinajstić information content (AvgIpc) is 2.89. The maximum atomic E-state index is 12.4. The number of nitrogens with one attached hydrogen (secondary N) is 1. The molecule has 0 saturated carbocycles. The van der Waals surface area contributed by atoms with Gasteiger partial charge in [0.1, 0.15) is 5.75 Å². The lowest BCUT2D eigenvalue weighted by Gasteiger charge is -2.24. The third kappa shape index (κ3) is 4.47. The first-order valence-corrected chi connectivity index (χ1v) is 11.8. The fourth-order valence-corrected chi connectivity index (χ4v) is 5.33. The van der Waals surface area contributed by atoms with E-state index in [9.17, 15) is 9.59 Å². The van der Waals surface area contributed by atoms with E-state index >= 15 is 0 Å². The van der Waals surface area contributed by atoms with Gasteiger partial charge in [0.15, 0.2) is 0 Å². The van der Waals surface area contributed by atoms with Crippen LogP contribution in [0.2, 0.25) is 0 Å². The third-order valence-corrected chi connectivity index (χ3v) is 7.10. The van der Waals surface area contributed by atoms with Crippen molar-refractivity contribution >= 4 is 46.2 Å². The standard InChI is InChI=1S/C18H18BrN2O4PS/c1-2-24-26(27,25-16-10-6-5-9-15(16)19)20-11-12-21-17(22)13-7-3-4-8-14(13)18(21)23/h3-10H,2,11-12H2,1H3,(H,20,27). The van der Waals surface area contributed by atoms with Crippen molar-refractivity contribution in [2.75, 3.05) is 19.7 Å². The van der Waals surface area contributed by atoms with E-state index in [0.717, 1.165) is 4.47 Å². The third-order valence-electron chi connectivity index (χ3n) is 3.87. The van der Waals surface area contributed by atoms with Crippen LogP contribution in [0.3, 0.4) is 0 Å². The average molecular weight is 469 g/mol. The van der Waals surface area contributed by atoms with Crippen molar-refractivity contribution in [3.05, 3.63) is 64.1 Å². The molecular formula is C18H18BrN2O4PS.